The molecule has 0 spiro atoms. The second-order valence-corrected chi connectivity index (χ2v) is 4.47. The molecule has 0 atom stereocenters. The number of amides is 1. The molecule has 98 valence electrons. The van der Waals surface area contributed by atoms with E-state index in [4.69, 9.17) is 4.74 Å². The number of esters is 1. The number of nitrogens with zero attached hydrogens (tertiary/aromatic N) is 1. The third-order valence-corrected chi connectivity index (χ3v) is 2.81. The Labute approximate surface area is 102 Å². The van der Waals surface area contributed by atoms with E-state index in [0.717, 1.165) is 32.4 Å². The summed E-state index contributed by atoms with van der Waals surface area (Å²) in [6.45, 7) is 6.06. The second-order valence-electron chi connectivity index (χ2n) is 4.47. The van der Waals surface area contributed by atoms with E-state index in [1.165, 1.54) is 6.92 Å². The van der Waals surface area contributed by atoms with E-state index in [0.29, 0.717) is 13.2 Å². The van der Waals surface area contributed by atoms with Crippen molar-refractivity contribution < 1.29 is 14.3 Å². The first-order valence-electron chi connectivity index (χ1n) is 6.27. The Morgan fingerprint density at radius 2 is 2.00 bits per heavy atom. The van der Waals surface area contributed by atoms with Gasteiger partial charge in [-0.3, -0.25) is 14.5 Å². The molecule has 0 saturated carbocycles. The van der Waals surface area contributed by atoms with Crippen LogP contribution in [0.3, 0.4) is 0 Å². The van der Waals surface area contributed by atoms with Crippen molar-refractivity contribution in [2.75, 3.05) is 26.2 Å². The van der Waals surface area contributed by atoms with E-state index in [9.17, 15) is 9.59 Å². The Bertz CT molecular complexity index is 260. The molecule has 0 aromatic heterocycles. The molecule has 1 heterocycles. The Morgan fingerprint density at radius 1 is 1.35 bits per heavy atom. The van der Waals surface area contributed by atoms with Gasteiger partial charge >= 0.3 is 5.97 Å². The van der Waals surface area contributed by atoms with E-state index in [2.05, 4.69) is 10.2 Å². The Hall–Kier alpha value is -1.10. The first-order chi connectivity index (χ1) is 8.11. The zero-order valence-electron chi connectivity index (χ0n) is 10.7. The van der Waals surface area contributed by atoms with Crippen molar-refractivity contribution in [1.82, 2.24) is 10.2 Å². The average molecular weight is 242 g/mol. The summed E-state index contributed by atoms with van der Waals surface area (Å²) in [4.78, 5) is 24.4. The van der Waals surface area contributed by atoms with Gasteiger partial charge in [0.1, 0.15) is 0 Å². The summed E-state index contributed by atoms with van der Waals surface area (Å²) in [6.07, 6.45) is 2.66. The fourth-order valence-corrected chi connectivity index (χ4v) is 1.97. The lowest BCUT2D eigenvalue weighted by Gasteiger charge is -2.31. The molecule has 1 aliphatic rings. The zero-order chi connectivity index (χ0) is 12.7. The SMILES string of the molecule is CCCOC(=O)CN1CCC(NC(C)=O)CC1. The molecule has 0 bridgehead atoms. The van der Waals surface area contributed by atoms with Gasteiger partial charge in [-0.05, 0) is 19.3 Å². The lowest BCUT2D eigenvalue weighted by molar-refractivity contribution is -0.145. The van der Waals surface area contributed by atoms with Gasteiger partial charge in [0.05, 0.1) is 13.2 Å². The summed E-state index contributed by atoms with van der Waals surface area (Å²) >= 11 is 0. The first kappa shape index (κ1) is 14.0. The Balaban J connectivity index is 2.18. The highest BCUT2D eigenvalue weighted by molar-refractivity contribution is 5.73. The summed E-state index contributed by atoms with van der Waals surface area (Å²) in [5, 5.41) is 2.91. The third kappa shape index (κ3) is 5.68. The van der Waals surface area contributed by atoms with Gasteiger partial charge in [0.25, 0.3) is 0 Å². The van der Waals surface area contributed by atoms with Crippen molar-refractivity contribution in [1.29, 1.82) is 0 Å². The van der Waals surface area contributed by atoms with Crippen LogP contribution in [0.25, 0.3) is 0 Å². The molecule has 1 N–H and O–H groups in total. The first-order valence-corrected chi connectivity index (χ1v) is 6.27. The number of carbonyl (C=O) groups excluding carboxylic acids is 2. The lowest BCUT2D eigenvalue weighted by atomic mass is 10.1. The zero-order valence-corrected chi connectivity index (χ0v) is 10.7. The number of nitrogens with one attached hydrogen (secondary N) is 1. The molecule has 5 heteroatoms. The molecule has 0 aromatic rings. The van der Waals surface area contributed by atoms with Crippen molar-refractivity contribution in [2.24, 2.45) is 0 Å². The van der Waals surface area contributed by atoms with Crippen LogP contribution in [-0.4, -0.2) is 49.1 Å². The maximum Gasteiger partial charge on any atom is 0.320 e. The van der Waals surface area contributed by atoms with E-state index >= 15 is 0 Å². The van der Waals surface area contributed by atoms with Crippen molar-refractivity contribution in [3.05, 3.63) is 0 Å². The van der Waals surface area contributed by atoms with Crippen LogP contribution >= 0.6 is 0 Å². The van der Waals surface area contributed by atoms with Crippen molar-refractivity contribution in [3.63, 3.8) is 0 Å². The van der Waals surface area contributed by atoms with Gasteiger partial charge in [0.2, 0.25) is 5.91 Å². The highest BCUT2D eigenvalue weighted by Gasteiger charge is 2.21. The monoisotopic (exact) mass is 242 g/mol. The van der Waals surface area contributed by atoms with Crippen LogP contribution in [0, 0.1) is 0 Å². The molecule has 0 unspecified atom stereocenters. The largest absolute Gasteiger partial charge is 0.465 e. The molecule has 0 aliphatic carbocycles. The minimum absolute atomic E-state index is 0.0193. The number of rotatable bonds is 5. The minimum Gasteiger partial charge on any atom is -0.465 e. The number of piperidine rings is 1. The summed E-state index contributed by atoms with van der Waals surface area (Å²) in [5.74, 6) is -0.129. The van der Waals surface area contributed by atoms with E-state index < -0.39 is 0 Å². The van der Waals surface area contributed by atoms with Gasteiger partial charge in [-0.2, -0.15) is 0 Å². The van der Waals surface area contributed by atoms with Gasteiger partial charge < -0.3 is 10.1 Å². The molecule has 5 nitrogen and oxygen atoms in total. The van der Waals surface area contributed by atoms with Crippen LogP contribution in [0.2, 0.25) is 0 Å². The number of hydrogen-bond donors (Lipinski definition) is 1. The van der Waals surface area contributed by atoms with Crippen molar-refractivity contribution >= 4 is 11.9 Å². The predicted molar refractivity (Wildman–Crippen MR) is 64.5 cm³/mol. The summed E-state index contributed by atoms with van der Waals surface area (Å²) in [5.41, 5.74) is 0. The molecule has 1 saturated heterocycles. The molecule has 0 aromatic carbocycles. The summed E-state index contributed by atoms with van der Waals surface area (Å²) in [6, 6.07) is 0.260. The van der Waals surface area contributed by atoms with Crippen molar-refractivity contribution in [3.8, 4) is 0 Å². The van der Waals surface area contributed by atoms with Gasteiger partial charge in [-0.1, -0.05) is 6.92 Å². The molecular weight excluding hydrogens is 220 g/mol. The van der Waals surface area contributed by atoms with E-state index in [-0.39, 0.29) is 17.9 Å². The van der Waals surface area contributed by atoms with E-state index in [1.807, 2.05) is 6.92 Å². The van der Waals surface area contributed by atoms with Crippen LogP contribution in [0.5, 0.6) is 0 Å². The van der Waals surface area contributed by atoms with Gasteiger partial charge in [-0.25, -0.2) is 0 Å². The van der Waals surface area contributed by atoms with Gasteiger partial charge in [0, 0.05) is 26.1 Å². The standard InChI is InChI=1S/C12H22N2O3/c1-3-8-17-12(16)9-14-6-4-11(5-7-14)13-10(2)15/h11H,3-9H2,1-2H3,(H,13,15). The second kappa shape index (κ2) is 7.27. The number of likely N-dealkylation sites (tertiary alicyclic amines) is 1. The minimum atomic E-state index is -0.148. The molecule has 1 amide bonds. The smallest absolute Gasteiger partial charge is 0.320 e. The summed E-state index contributed by atoms with van der Waals surface area (Å²) in [7, 11) is 0. The maximum absolute atomic E-state index is 11.4. The lowest BCUT2D eigenvalue weighted by Crippen LogP contribution is -2.45. The topological polar surface area (TPSA) is 58.6 Å². The van der Waals surface area contributed by atoms with E-state index in [1.54, 1.807) is 0 Å². The average Bonchev–Trinajstić information content (AvgIpc) is 2.28. The fourth-order valence-electron chi connectivity index (χ4n) is 1.97. The molecule has 0 radical (unpaired) electrons. The van der Waals surface area contributed by atoms with Crippen LogP contribution in [0.1, 0.15) is 33.1 Å². The van der Waals surface area contributed by atoms with Gasteiger partial charge in [-0.15, -0.1) is 0 Å². The van der Waals surface area contributed by atoms with Gasteiger partial charge in [0.15, 0.2) is 0 Å². The van der Waals surface area contributed by atoms with Crippen LogP contribution in [0.4, 0.5) is 0 Å². The predicted octanol–water partition coefficient (Wildman–Crippen LogP) is 0.540. The molecular formula is C12H22N2O3. The van der Waals surface area contributed by atoms with Crippen LogP contribution in [0.15, 0.2) is 0 Å². The number of carbonyl (C=O) groups is 2. The Morgan fingerprint density at radius 3 is 2.53 bits per heavy atom. The van der Waals surface area contributed by atoms with Crippen LogP contribution in [-0.2, 0) is 14.3 Å². The fraction of sp³-hybridized carbons (Fsp3) is 0.833. The quantitative estimate of drug-likeness (QED) is 0.715. The molecule has 1 aliphatic heterocycles. The molecule has 17 heavy (non-hydrogen) atoms. The Kier molecular flexibility index (Phi) is 5.97. The number of ether oxygens (including phenoxy) is 1. The third-order valence-electron chi connectivity index (χ3n) is 2.81. The highest BCUT2D eigenvalue weighted by Crippen LogP contribution is 2.10. The normalized spacial score (nSPS) is 17.8. The van der Waals surface area contributed by atoms with Crippen molar-refractivity contribution in [2.45, 2.75) is 39.2 Å². The molecule has 1 fully saturated rings. The maximum atomic E-state index is 11.4. The van der Waals surface area contributed by atoms with Crippen LogP contribution < -0.4 is 5.32 Å². The highest BCUT2D eigenvalue weighted by atomic mass is 16.5. The molecule has 1 rings (SSSR count). The number of hydrogen-bond acceptors (Lipinski definition) is 4. The summed E-state index contributed by atoms with van der Waals surface area (Å²) < 4.78 is 5.03.